The molecule has 5 rings (SSSR count). The Hall–Kier alpha value is -3.53. The first kappa shape index (κ1) is 22.3. The van der Waals surface area contributed by atoms with Crippen molar-refractivity contribution in [3.8, 4) is 16.3 Å². The van der Waals surface area contributed by atoms with Crippen molar-refractivity contribution in [2.45, 2.75) is 13.8 Å². The van der Waals surface area contributed by atoms with Gasteiger partial charge in [0.25, 0.3) is 0 Å². The molecule has 5 aromatic rings. The molecule has 0 aliphatic heterocycles. The fourth-order valence-electron chi connectivity index (χ4n) is 3.24. The monoisotopic (exact) mass is 501 g/mol. The molecule has 0 saturated heterocycles. The summed E-state index contributed by atoms with van der Waals surface area (Å²) in [6.45, 7) is 3.77. The summed E-state index contributed by atoms with van der Waals surface area (Å²) in [4.78, 5) is 20.2. The van der Waals surface area contributed by atoms with Crippen LogP contribution in [0, 0.1) is 6.92 Å². The van der Waals surface area contributed by atoms with Crippen LogP contribution in [0.1, 0.15) is 32.2 Å². The third kappa shape index (κ3) is 4.58. The molecule has 34 heavy (non-hydrogen) atoms. The minimum Gasteiger partial charge on any atom is -0.285 e. The normalized spacial score (nSPS) is 12.3. The van der Waals surface area contributed by atoms with Gasteiger partial charge in [0.2, 0.25) is 10.6 Å². The second-order valence-electron chi connectivity index (χ2n) is 7.33. The lowest BCUT2D eigenvalue weighted by atomic mass is 10.2. The molecular weight excluding hydrogens is 483 g/mol. The Morgan fingerprint density at radius 1 is 0.941 bits per heavy atom. The summed E-state index contributed by atoms with van der Waals surface area (Å²) in [5.41, 5.74) is 3.30. The first-order valence-electron chi connectivity index (χ1n) is 10.5. The molecule has 0 atom stereocenters. The van der Waals surface area contributed by atoms with Crippen molar-refractivity contribution in [2.75, 3.05) is 0 Å². The standard InChI is InChI=1S/C25H19N5OS3/c1-16(20-14-9-15-32-20)27-28-25-30(19-12-7-4-8-13-19)29-24(34-25)21(31)22-17(2)26-23(33-22)18-10-5-3-6-11-18/h3-15H,1-2H3/b27-16+,28-25+. The van der Waals surface area contributed by atoms with Gasteiger partial charge in [0.1, 0.15) is 9.88 Å². The highest BCUT2D eigenvalue weighted by Crippen LogP contribution is 2.29. The zero-order valence-electron chi connectivity index (χ0n) is 18.4. The van der Waals surface area contributed by atoms with E-state index in [0.717, 1.165) is 26.8 Å². The molecule has 0 aliphatic rings. The number of aromatic nitrogens is 3. The number of hydrogen-bond acceptors (Lipinski definition) is 8. The molecule has 0 amide bonds. The van der Waals surface area contributed by atoms with E-state index < -0.39 is 0 Å². The molecule has 9 heteroatoms. The van der Waals surface area contributed by atoms with Crippen molar-refractivity contribution in [3.63, 3.8) is 0 Å². The molecule has 0 aliphatic carbocycles. The van der Waals surface area contributed by atoms with Crippen molar-refractivity contribution in [3.05, 3.63) is 103 Å². The van der Waals surface area contributed by atoms with Gasteiger partial charge in [0.15, 0.2) is 5.01 Å². The van der Waals surface area contributed by atoms with Gasteiger partial charge in [-0.05, 0) is 37.4 Å². The van der Waals surface area contributed by atoms with Crippen LogP contribution in [0.25, 0.3) is 16.3 Å². The summed E-state index contributed by atoms with van der Waals surface area (Å²) >= 11 is 4.21. The number of hydrogen-bond donors (Lipinski definition) is 0. The predicted molar refractivity (Wildman–Crippen MR) is 139 cm³/mol. The molecule has 0 spiro atoms. The molecule has 0 unspecified atom stereocenters. The molecule has 2 aromatic carbocycles. The summed E-state index contributed by atoms with van der Waals surface area (Å²) in [6, 6.07) is 23.5. The van der Waals surface area contributed by atoms with Crippen molar-refractivity contribution in [1.82, 2.24) is 14.8 Å². The number of rotatable bonds is 6. The minimum atomic E-state index is -0.160. The Bertz CT molecular complexity index is 1530. The summed E-state index contributed by atoms with van der Waals surface area (Å²) in [6.07, 6.45) is 0. The second kappa shape index (κ2) is 9.76. The Labute approximate surface area is 208 Å². The molecule has 0 saturated carbocycles. The Balaban J connectivity index is 1.57. The Kier molecular flexibility index (Phi) is 6.39. The van der Waals surface area contributed by atoms with Gasteiger partial charge in [-0.1, -0.05) is 65.9 Å². The van der Waals surface area contributed by atoms with Gasteiger partial charge in [0, 0.05) is 5.56 Å². The number of thiophene rings is 1. The van der Waals surface area contributed by atoms with Gasteiger partial charge in [-0.2, -0.15) is 10.2 Å². The average Bonchev–Trinajstić information content (AvgIpc) is 3.63. The van der Waals surface area contributed by atoms with Gasteiger partial charge >= 0.3 is 0 Å². The zero-order chi connectivity index (χ0) is 23.5. The Morgan fingerprint density at radius 2 is 1.68 bits per heavy atom. The lowest BCUT2D eigenvalue weighted by Crippen LogP contribution is -2.14. The van der Waals surface area contributed by atoms with Crippen molar-refractivity contribution >= 4 is 45.5 Å². The van der Waals surface area contributed by atoms with E-state index in [1.807, 2.05) is 92.0 Å². The topological polar surface area (TPSA) is 72.5 Å². The lowest BCUT2D eigenvalue weighted by Gasteiger charge is -1.99. The first-order chi connectivity index (χ1) is 16.6. The third-order valence-corrected chi connectivity index (χ3v) is 8.02. The van der Waals surface area contributed by atoms with E-state index in [9.17, 15) is 4.79 Å². The second-order valence-corrected chi connectivity index (χ2v) is 10.2. The molecule has 0 bridgehead atoms. The maximum atomic E-state index is 13.5. The molecule has 3 aromatic heterocycles. The van der Waals surface area contributed by atoms with Crippen molar-refractivity contribution < 1.29 is 4.79 Å². The summed E-state index contributed by atoms with van der Waals surface area (Å²) in [7, 11) is 0. The van der Waals surface area contributed by atoms with Crippen LogP contribution in [0.2, 0.25) is 0 Å². The maximum absolute atomic E-state index is 13.5. The number of para-hydroxylation sites is 1. The van der Waals surface area contributed by atoms with Crippen LogP contribution in [-0.2, 0) is 0 Å². The SMILES string of the molecule is C/C(=N\N=c1\sc(C(=O)c2sc(-c3ccccc3)nc2C)nn1-c1ccccc1)c1cccs1. The van der Waals surface area contributed by atoms with Gasteiger partial charge in [-0.15, -0.1) is 27.8 Å². The molecule has 0 N–H and O–H groups in total. The predicted octanol–water partition coefficient (Wildman–Crippen LogP) is 5.98. The molecule has 6 nitrogen and oxygen atoms in total. The maximum Gasteiger partial charge on any atom is 0.235 e. The average molecular weight is 502 g/mol. The zero-order valence-corrected chi connectivity index (χ0v) is 20.8. The van der Waals surface area contributed by atoms with Crippen LogP contribution in [0.3, 0.4) is 0 Å². The van der Waals surface area contributed by atoms with Gasteiger partial charge in [0.05, 0.1) is 22.0 Å². The fraction of sp³-hybridized carbons (Fsp3) is 0.0800. The van der Waals surface area contributed by atoms with Crippen LogP contribution in [0.4, 0.5) is 0 Å². The lowest BCUT2D eigenvalue weighted by molar-refractivity contribution is 0.104. The molecule has 0 radical (unpaired) electrons. The summed E-state index contributed by atoms with van der Waals surface area (Å²) in [5, 5.41) is 16.7. The first-order valence-corrected chi connectivity index (χ1v) is 13.0. The molecule has 3 heterocycles. The number of ketones is 1. The number of carbonyl (C=O) groups excluding carboxylic acids is 1. The molecule has 168 valence electrons. The molecule has 0 fully saturated rings. The van der Waals surface area contributed by atoms with Crippen molar-refractivity contribution in [1.29, 1.82) is 0 Å². The number of thiazole rings is 1. The van der Waals surface area contributed by atoms with Gasteiger partial charge in [-0.3, -0.25) is 4.79 Å². The largest absolute Gasteiger partial charge is 0.285 e. The van der Waals surface area contributed by atoms with E-state index in [4.69, 9.17) is 0 Å². The van der Waals surface area contributed by atoms with Gasteiger partial charge in [-0.25, -0.2) is 9.67 Å². The quantitative estimate of drug-likeness (QED) is 0.163. The summed E-state index contributed by atoms with van der Waals surface area (Å²) < 4.78 is 1.66. The van der Waals surface area contributed by atoms with Crippen LogP contribution in [0.5, 0.6) is 0 Å². The van der Waals surface area contributed by atoms with Crippen LogP contribution < -0.4 is 4.80 Å². The van der Waals surface area contributed by atoms with E-state index in [0.29, 0.717) is 20.4 Å². The number of aryl methyl sites for hydroxylation is 1. The van der Waals surface area contributed by atoms with E-state index in [1.165, 1.54) is 22.7 Å². The van der Waals surface area contributed by atoms with Gasteiger partial charge < -0.3 is 0 Å². The number of carbonyl (C=O) groups is 1. The highest BCUT2D eigenvalue weighted by atomic mass is 32.1. The molecular formula is C25H19N5OS3. The van der Waals surface area contributed by atoms with E-state index in [1.54, 1.807) is 16.0 Å². The smallest absolute Gasteiger partial charge is 0.235 e. The minimum absolute atomic E-state index is 0.160. The van der Waals surface area contributed by atoms with Crippen molar-refractivity contribution in [2.24, 2.45) is 10.2 Å². The number of benzene rings is 2. The fourth-order valence-corrected chi connectivity index (χ4v) is 5.79. The Morgan fingerprint density at radius 3 is 2.38 bits per heavy atom. The van der Waals surface area contributed by atoms with E-state index in [2.05, 4.69) is 20.3 Å². The number of nitrogens with zero attached hydrogens (tertiary/aromatic N) is 5. The van der Waals surface area contributed by atoms with Crippen LogP contribution >= 0.6 is 34.0 Å². The third-order valence-electron chi connectivity index (χ3n) is 4.94. The van der Waals surface area contributed by atoms with Crippen LogP contribution in [0.15, 0.2) is 88.4 Å². The highest BCUT2D eigenvalue weighted by molar-refractivity contribution is 7.18. The highest BCUT2D eigenvalue weighted by Gasteiger charge is 2.22. The summed E-state index contributed by atoms with van der Waals surface area (Å²) in [5.74, 6) is -0.160. The van der Waals surface area contributed by atoms with Crippen LogP contribution in [-0.4, -0.2) is 26.3 Å². The van der Waals surface area contributed by atoms with E-state index in [-0.39, 0.29) is 5.78 Å². The van der Waals surface area contributed by atoms with E-state index >= 15 is 0 Å².